The molecular formula is C19H22N2O6. The van der Waals surface area contributed by atoms with Crippen LogP contribution in [0.5, 0.6) is 11.5 Å². The summed E-state index contributed by atoms with van der Waals surface area (Å²) in [4.78, 5) is 38.1. The van der Waals surface area contributed by atoms with Gasteiger partial charge in [0.1, 0.15) is 5.69 Å². The second kappa shape index (κ2) is 8.88. The number of ether oxygens (including phenoxy) is 3. The molecular weight excluding hydrogens is 352 g/mol. The first-order chi connectivity index (χ1) is 12.8. The number of Topliss-reactive ketones (excluding diaryl/α,β-unsaturated/α-hetero) is 1. The molecule has 0 saturated carbocycles. The van der Waals surface area contributed by atoms with E-state index in [9.17, 15) is 14.4 Å². The molecule has 0 spiro atoms. The van der Waals surface area contributed by atoms with Gasteiger partial charge >= 0.3 is 5.97 Å². The van der Waals surface area contributed by atoms with Gasteiger partial charge in [-0.1, -0.05) is 6.07 Å². The number of methoxy groups -OCH3 is 2. The SMILES string of the molecule is COc1ccc(CNC(=O)[C@@H](C)OC(=O)c2cc(C(C)=O)c[nH]2)cc1OC. The maximum absolute atomic E-state index is 12.2. The number of aromatic nitrogens is 1. The van der Waals surface area contributed by atoms with Crippen LogP contribution >= 0.6 is 0 Å². The maximum atomic E-state index is 12.2. The van der Waals surface area contributed by atoms with Crippen molar-refractivity contribution in [1.82, 2.24) is 10.3 Å². The van der Waals surface area contributed by atoms with Crippen molar-refractivity contribution in [3.63, 3.8) is 0 Å². The molecule has 0 fully saturated rings. The molecule has 1 atom stereocenters. The molecule has 8 nitrogen and oxygen atoms in total. The molecule has 1 heterocycles. The van der Waals surface area contributed by atoms with Crippen LogP contribution in [0.15, 0.2) is 30.5 Å². The molecule has 0 radical (unpaired) electrons. The molecule has 1 aromatic carbocycles. The highest BCUT2D eigenvalue weighted by molar-refractivity contribution is 5.98. The monoisotopic (exact) mass is 374 g/mol. The average molecular weight is 374 g/mol. The van der Waals surface area contributed by atoms with Crippen LogP contribution in [0.2, 0.25) is 0 Å². The van der Waals surface area contributed by atoms with E-state index in [1.807, 2.05) is 0 Å². The number of carbonyl (C=O) groups is 3. The largest absolute Gasteiger partial charge is 0.493 e. The lowest BCUT2D eigenvalue weighted by molar-refractivity contribution is -0.129. The fourth-order valence-electron chi connectivity index (χ4n) is 2.32. The molecule has 0 aliphatic heterocycles. The Morgan fingerprint density at radius 3 is 2.41 bits per heavy atom. The molecule has 1 amide bonds. The predicted octanol–water partition coefficient (Wildman–Crippen LogP) is 2.10. The molecule has 1 aromatic heterocycles. The summed E-state index contributed by atoms with van der Waals surface area (Å²) < 4.78 is 15.5. The summed E-state index contributed by atoms with van der Waals surface area (Å²) in [5, 5.41) is 2.69. The lowest BCUT2D eigenvalue weighted by Crippen LogP contribution is -2.35. The van der Waals surface area contributed by atoms with Gasteiger partial charge in [0, 0.05) is 18.3 Å². The molecule has 27 heavy (non-hydrogen) atoms. The van der Waals surface area contributed by atoms with Gasteiger partial charge in [0.25, 0.3) is 5.91 Å². The van der Waals surface area contributed by atoms with Crippen LogP contribution in [-0.4, -0.2) is 43.0 Å². The van der Waals surface area contributed by atoms with E-state index in [1.54, 1.807) is 25.3 Å². The normalized spacial score (nSPS) is 11.4. The number of hydrogen-bond donors (Lipinski definition) is 2. The van der Waals surface area contributed by atoms with Gasteiger partial charge in [-0.2, -0.15) is 0 Å². The number of nitrogens with one attached hydrogen (secondary N) is 2. The van der Waals surface area contributed by atoms with E-state index in [2.05, 4.69) is 10.3 Å². The highest BCUT2D eigenvalue weighted by Crippen LogP contribution is 2.27. The van der Waals surface area contributed by atoms with Crippen molar-refractivity contribution in [2.24, 2.45) is 0 Å². The Labute approximate surface area is 156 Å². The first-order valence-corrected chi connectivity index (χ1v) is 8.24. The van der Waals surface area contributed by atoms with Gasteiger partial charge in [0.15, 0.2) is 23.4 Å². The lowest BCUT2D eigenvalue weighted by atomic mass is 10.2. The third-order valence-electron chi connectivity index (χ3n) is 3.88. The van der Waals surface area contributed by atoms with Crippen LogP contribution in [-0.2, 0) is 16.1 Å². The van der Waals surface area contributed by atoms with Gasteiger partial charge in [-0.05, 0) is 37.6 Å². The van der Waals surface area contributed by atoms with Crippen molar-refractivity contribution >= 4 is 17.7 Å². The zero-order valence-corrected chi connectivity index (χ0v) is 15.6. The molecule has 2 N–H and O–H groups in total. The Morgan fingerprint density at radius 1 is 1.11 bits per heavy atom. The Hall–Kier alpha value is -3.29. The summed E-state index contributed by atoms with van der Waals surface area (Å²) in [6.45, 7) is 3.09. The molecule has 0 unspecified atom stereocenters. The predicted molar refractivity (Wildman–Crippen MR) is 97.1 cm³/mol. The third kappa shape index (κ3) is 5.10. The second-order valence-corrected chi connectivity index (χ2v) is 5.81. The van der Waals surface area contributed by atoms with E-state index in [4.69, 9.17) is 14.2 Å². The van der Waals surface area contributed by atoms with E-state index in [0.29, 0.717) is 17.1 Å². The lowest BCUT2D eigenvalue weighted by Gasteiger charge is -2.14. The molecule has 2 aromatic rings. The van der Waals surface area contributed by atoms with Crippen LogP contribution in [0, 0.1) is 0 Å². The smallest absolute Gasteiger partial charge is 0.355 e. The standard InChI is InChI=1S/C19H22N2O6/c1-11(22)14-8-15(20-10-14)19(24)27-12(2)18(23)21-9-13-5-6-16(25-3)17(7-13)26-4/h5-8,10,12,20H,9H2,1-4H3,(H,21,23)/t12-/m1/s1. The number of hydrogen-bond acceptors (Lipinski definition) is 6. The summed E-state index contributed by atoms with van der Waals surface area (Å²) in [5.74, 6) is -0.193. The Bertz CT molecular complexity index is 842. The average Bonchev–Trinajstić information content (AvgIpc) is 3.16. The topological polar surface area (TPSA) is 107 Å². The minimum absolute atomic E-state index is 0.111. The van der Waals surface area contributed by atoms with Gasteiger partial charge < -0.3 is 24.5 Å². The number of benzene rings is 1. The van der Waals surface area contributed by atoms with Crippen molar-refractivity contribution in [2.45, 2.75) is 26.5 Å². The number of ketones is 1. The van der Waals surface area contributed by atoms with Crippen LogP contribution in [0.1, 0.15) is 40.3 Å². The zero-order chi connectivity index (χ0) is 20.0. The molecule has 0 saturated heterocycles. The summed E-state index contributed by atoms with van der Waals surface area (Å²) in [6, 6.07) is 6.67. The Balaban J connectivity index is 1.91. The number of esters is 1. The Morgan fingerprint density at radius 2 is 1.81 bits per heavy atom. The van der Waals surface area contributed by atoms with Crippen LogP contribution in [0.3, 0.4) is 0 Å². The zero-order valence-electron chi connectivity index (χ0n) is 15.6. The summed E-state index contributed by atoms with van der Waals surface area (Å²) in [7, 11) is 3.07. The molecule has 0 aliphatic carbocycles. The van der Waals surface area contributed by atoms with E-state index in [1.165, 1.54) is 33.2 Å². The van der Waals surface area contributed by atoms with Crippen LogP contribution in [0.25, 0.3) is 0 Å². The second-order valence-electron chi connectivity index (χ2n) is 5.81. The summed E-state index contributed by atoms with van der Waals surface area (Å²) in [5.41, 5.74) is 1.28. The first kappa shape index (κ1) is 20.0. The Kier molecular flexibility index (Phi) is 6.59. The molecule has 8 heteroatoms. The summed E-state index contributed by atoms with van der Waals surface area (Å²) >= 11 is 0. The van der Waals surface area contributed by atoms with Crippen molar-refractivity contribution in [1.29, 1.82) is 0 Å². The van der Waals surface area contributed by atoms with Gasteiger partial charge in [0.2, 0.25) is 0 Å². The minimum Gasteiger partial charge on any atom is -0.493 e. The third-order valence-corrected chi connectivity index (χ3v) is 3.88. The molecule has 144 valence electrons. The minimum atomic E-state index is -0.998. The maximum Gasteiger partial charge on any atom is 0.355 e. The van der Waals surface area contributed by atoms with Crippen LogP contribution in [0.4, 0.5) is 0 Å². The first-order valence-electron chi connectivity index (χ1n) is 8.24. The van der Waals surface area contributed by atoms with E-state index in [0.717, 1.165) is 5.56 Å². The highest BCUT2D eigenvalue weighted by atomic mass is 16.5. The van der Waals surface area contributed by atoms with Gasteiger partial charge in [0.05, 0.1) is 14.2 Å². The van der Waals surface area contributed by atoms with E-state index >= 15 is 0 Å². The van der Waals surface area contributed by atoms with Crippen LogP contribution < -0.4 is 14.8 Å². The number of rotatable bonds is 8. The number of H-pyrrole nitrogens is 1. The van der Waals surface area contributed by atoms with Crippen molar-refractivity contribution in [3.05, 3.63) is 47.3 Å². The molecule has 0 bridgehead atoms. The summed E-state index contributed by atoms with van der Waals surface area (Å²) in [6.07, 6.45) is 0.419. The van der Waals surface area contributed by atoms with Crippen molar-refractivity contribution in [2.75, 3.05) is 14.2 Å². The fourth-order valence-corrected chi connectivity index (χ4v) is 2.32. The van der Waals surface area contributed by atoms with E-state index < -0.39 is 18.0 Å². The highest BCUT2D eigenvalue weighted by Gasteiger charge is 2.20. The quantitative estimate of drug-likeness (QED) is 0.541. The van der Waals surface area contributed by atoms with E-state index in [-0.39, 0.29) is 18.0 Å². The fraction of sp³-hybridized carbons (Fsp3) is 0.316. The number of amides is 1. The van der Waals surface area contributed by atoms with Gasteiger partial charge in [-0.15, -0.1) is 0 Å². The van der Waals surface area contributed by atoms with Crippen molar-refractivity contribution < 1.29 is 28.6 Å². The van der Waals surface area contributed by atoms with Crippen molar-refractivity contribution in [3.8, 4) is 11.5 Å². The van der Waals surface area contributed by atoms with Gasteiger partial charge in [-0.3, -0.25) is 9.59 Å². The number of carbonyl (C=O) groups excluding carboxylic acids is 3. The molecule has 2 rings (SSSR count). The van der Waals surface area contributed by atoms with Gasteiger partial charge in [-0.25, -0.2) is 4.79 Å². The molecule has 0 aliphatic rings. The number of aromatic amines is 1.